The van der Waals surface area contributed by atoms with Crippen LogP contribution >= 0.6 is 12.1 Å². The molecule has 0 saturated carbocycles. The zero-order valence-corrected chi connectivity index (χ0v) is 26.8. The maximum Gasteiger partial charge on any atom is 0.0729 e. The third kappa shape index (κ3) is 4.69. The fraction of sp³-hybridized carbons (Fsp3) is 0. The van der Waals surface area contributed by atoms with Crippen molar-refractivity contribution in [2.75, 3.05) is 0 Å². The van der Waals surface area contributed by atoms with Gasteiger partial charge >= 0.3 is 0 Å². The summed E-state index contributed by atoms with van der Waals surface area (Å²) in [7, 11) is 0. The summed E-state index contributed by atoms with van der Waals surface area (Å²) >= 11 is 14.1. The molecule has 0 fully saturated rings. The van der Waals surface area contributed by atoms with Crippen LogP contribution in [0.4, 0.5) is 0 Å². The summed E-state index contributed by atoms with van der Waals surface area (Å²) in [5.74, 6) is 0. The first kappa shape index (κ1) is 28.0. The van der Waals surface area contributed by atoms with E-state index in [1.807, 2.05) is 0 Å². The van der Waals surface area contributed by atoms with Gasteiger partial charge in [-0.25, -0.2) is 0 Å². The van der Waals surface area contributed by atoms with E-state index in [0.29, 0.717) is 0 Å². The number of rotatable bonds is 7. The summed E-state index contributed by atoms with van der Waals surface area (Å²) in [5.41, 5.74) is 4.57. The second-order valence-corrected chi connectivity index (χ2v) is 19.1. The minimum absolute atomic E-state index is 1.12. The molecule has 7 aromatic rings. The SMILES string of the molecule is S=P(c1ccccc1)(c1ccccc1)c1c(-c2ccccc2)c(P(=S)(c2ccccc2)c2ccccc2)n2ccccc12. The lowest BCUT2D eigenvalue weighted by Crippen LogP contribution is -2.30. The van der Waals surface area contributed by atoms with E-state index in [1.165, 1.54) is 21.5 Å². The fourth-order valence-corrected chi connectivity index (χ4v) is 14.7. The number of fused-ring (bicyclic) bond motifs is 1. The standard InChI is InChI=1S/C38H29NP2S2/c42-40(31-20-8-2-9-21-31,32-22-10-3-11-23-32)37-35-28-16-17-29-39(35)38(36(37)30-18-6-1-7-19-30)41(43,33-24-12-4-13-25-33)34-26-14-5-15-27-34/h1-29H. The van der Waals surface area contributed by atoms with Crippen molar-refractivity contribution in [2.24, 2.45) is 0 Å². The van der Waals surface area contributed by atoms with Gasteiger partial charge in [-0.1, -0.05) is 181 Å². The van der Waals surface area contributed by atoms with Gasteiger partial charge in [-0.15, -0.1) is 0 Å². The highest BCUT2D eigenvalue weighted by atomic mass is 32.4. The van der Waals surface area contributed by atoms with Gasteiger partial charge in [0.25, 0.3) is 0 Å². The van der Waals surface area contributed by atoms with Crippen LogP contribution in [0.2, 0.25) is 0 Å². The van der Waals surface area contributed by atoms with Crippen molar-refractivity contribution >= 4 is 73.2 Å². The van der Waals surface area contributed by atoms with Crippen LogP contribution in [0.1, 0.15) is 0 Å². The Balaban J connectivity index is 1.73. The topological polar surface area (TPSA) is 4.41 Å². The van der Waals surface area contributed by atoms with E-state index >= 15 is 0 Å². The molecule has 0 radical (unpaired) electrons. The van der Waals surface area contributed by atoms with E-state index in [-0.39, 0.29) is 0 Å². The number of pyridine rings is 1. The molecule has 7 rings (SSSR count). The van der Waals surface area contributed by atoms with E-state index < -0.39 is 12.1 Å². The number of nitrogens with zero attached hydrogens (tertiary/aromatic N) is 1. The average Bonchev–Trinajstić information content (AvgIpc) is 3.46. The molecular weight excluding hydrogens is 597 g/mol. The van der Waals surface area contributed by atoms with Gasteiger partial charge in [0, 0.05) is 23.1 Å². The van der Waals surface area contributed by atoms with Crippen molar-refractivity contribution in [1.82, 2.24) is 4.40 Å². The maximum atomic E-state index is 7.06. The summed E-state index contributed by atoms with van der Waals surface area (Å²) < 4.78 is 2.37. The van der Waals surface area contributed by atoms with Crippen LogP contribution in [0.3, 0.4) is 0 Å². The second kappa shape index (κ2) is 11.7. The molecule has 0 aliphatic rings. The summed E-state index contributed by atoms with van der Waals surface area (Å²) in [6.07, 6.45) is 2.18. The van der Waals surface area contributed by atoms with Crippen LogP contribution in [0, 0.1) is 0 Å². The largest absolute Gasteiger partial charge is 0.314 e. The first-order chi connectivity index (χ1) is 21.1. The molecule has 0 N–H and O–H groups in total. The lowest BCUT2D eigenvalue weighted by molar-refractivity contribution is 1.25. The third-order valence-corrected chi connectivity index (χ3v) is 17.8. The van der Waals surface area contributed by atoms with Gasteiger partial charge in [0.05, 0.1) is 17.0 Å². The maximum absolute atomic E-state index is 7.06. The highest BCUT2D eigenvalue weighted by Crippen LogP contribution is 2.52. The van der Waals surface area contributed by atoms with E-state index in [0.717, 1.165) is 27.1 Å². The van der Waals surface area contributed by atoms with E-state index in [4.69, 9.17) is 23.6 Å². The fourth-order valence-electron chi connectivity index (χ4n) is 6.03. The number of benzene rings is 5. The Morgan fingerprint density at radius 1 is 0.395 bits per heavy atom. The van der Waals surface area contributed by atoms with Crippen LogP contribution < -0.4 is 32.0 Å². The molecule has 0 spiro atoms. The molecule has 5 heteroatoms. The Hall–Kier alpha value is -3.84. The Labute approximate surface area is 263 Å². The van der Waals surface area contributed by atoms with Crippen molar-refractivity contribution in [3.63, 3.8) is 0 Å². The van der Waals surface area contributed by atoms with Crippen LogP contribution in [0.15, 0.2) is 176 Å². The highest BCUT2D eigenvalue weighted by molar-refractivity contribution is 8.26. The molecule has 2 aromatic heterocycles. The van der Waals surface area contributed by atoms with Crippen molar-refractivity contribution in [3.05, 3.63) is 176 Å². The Morgan fingerprint density at radius 3 is 1.21 bits per heavy atom. The quantitative estimate of drug-likeness (QED) is 0.174. The van der Waals surface area contributed by atoms with E-state index in [9.17, 15) is 0 Å². The number of hydrogen-bond acceptors (Lipinski definition) is 2. The molecule has 43 heavy (non-hydrogen) atoms. The van der Waals surface area contributed by atoms with E-state index in [1.54, 1.807) is 0 Å². The number of aromatic nitrogens is 1. The van der Waals surface area contributed by atoms with Crippen molar-refractivity contribution < 1.29 is 0 Å². The molecule has 0 amide bonds. The van der Waals surface area contributed by atoms with Gasteiger partial charge in [0.1, 0.15) is 0 Å². The van der Waals surface area contributed by atoms with Crippen LogP contribution in [-0.4, -0.2) is 4.40 Å². The van der Waals surface area contributed by atoms with E-state index in [2.05, 4.69) is 180 Å². The molecule has 2 heterocycles. The van der Waals surface area contributed by atoms with Crippen molar-refractivity contribution in [1.29, 1.82) is 0 Å². The summed E-state index contributed by atoms with van der Waals surface area (Å²) in [5, 5.41) is 5.86. The molecule has 0 unspecified atom stereocenters. The van der Waals surface area contributed by atoms with Crippen LogP contribution in [0.25, 0.3) is 16.6 Å². The van der Waals surface area contributed by atoms with Crippen LogP contribution in [0.5, 0.6) is 0 Å². The molecule has 0 atom stereocenters. The van der Waals surface area contributed by atoms with Crippen LogP contribution in [-0.2, 0) is 23.6 Å². The van der Waals surface area contributed by atoms with Gasteiger partial charge in [0.2, 0.25) is 0 Å². The normalized spacial score (nSPS) is 11.9. The Morgan fingerprint density at radius 2 is 0.767 bits per heavy atom. The van der Waals surface area contributed by atoms with Gasteiger partial charge in [-0.2, -0.15) is 0 Å². The molecule has 0 bridgehead atoms. The average molecular weight is 626 g/mol. The molecular formula is C38H29NP2S2. The molecule has 1 nitrogen and oxygen atoms in total. The van der Waals surface area contributed by atoms with Gasteiger partial charge in [-0.3, -0.25) is 0 Å². The molecule has 0 saturated heterocycles. The highest BCUT2D eigenvalue weighted by Gasteiger charge is 2.38. The molecule has 0 aliphatic heterocycles. The lowest BCUT2D eigenvalue weighted by Gasteiger charge is -2.28. The monoisotopic (exact) mass is 625 g/mol. The number of hydrogen-bond donors (Lipinski definition) is 0. The molecule has 208 valence electrons. The van der Waals surface area contributed by atoms with Gasteiger partial charge in [0.15, 0.2) is 0 Å². The predicted octanol–water partition coefficient (Wildman–Crippen LogP) is 7.12. The summed E-state index contributed by atoms with van der Waals surface area (Å²) in [6.45, 7) is 0. The predicted molar refractivity (Wildman–Crippen MR) is 195 cm³/mol. The Kier molecular flexibility index (Phi) is 7.60. The second-order valence-electron chi connectivity index (χ2n) is 10.4. The van der Waals surface area contributed by atoms with Gasteiger partial charge < -0.3 is 4.40 Å². The molecule has 5 aromatic carbocycles. The summed E-state index contributed by atoms with van der Waals surface area (Å²) in [6, 6.07) is 54.8. The Bertz CT molecular complexity index is 1890. The van der Waals surface area contributed by atoms with Gasteiger partial charge in [-0.05, 0) is 38.9 Å². The lowest BCUT2D eigenvalue weighted by atomic mass is 10.1. The minimum Gasteiger partial charge on any atom is -0.314 e. The first-order valence-corrected chi connectivity index (χ1v) is 19.9. The first-order valence-electron chi connectivity index (χ1n) is 14.3. The minimum atomic E-state index is -2.59. The third-order valence-electron chi connectivity index (χ3n) is 7.95. The van der Waals surface area contributed by atoms with Crippen molar-refractivity contribution in [2.45, 2.75) is 0 Å². The van der Waals surface area contributed by atoms with Crippen molar-refractivity contribution in [3.8, 4) is 11.1 Å². The molecule has 0 aliphatic carbocycles. The summed E-state index contributed by atoms with van der Waals surface area (Å²) in [4.78, 5) is 0. The zero-order valence-electron chi connectivity index (χ0n) is 23.4. The smallest absolute Gasteiger partial charge is 0.0729 e. The zero-order chi connectivity index (χ0) is 29.3.